The van der Waals surface area contributed by atoms with E-state index in [4.69, 9.17) is 0 Å². The van der Waals surface area contributed by atoms with Crippen LogP contribution in [0.1, 0.15) is 20.3 Å². The molecule has 0 aromatic heterocycles. The van der Waals surface area contributed by atoms with Crippen molar-refractivity contribution in [1.29, 1.82) is 0 Å². The van der Waals surface area contributed by atoms with E-state index in [1.807, 2.05) is 25.1 Å². The molecule has 0 saturated heterocycles. The summed E-state index contributed by atoms with van der Waals surface area (Å²) in [5, 5.41) is 7.13. The molecule has 1 unspecified atom stereocenters. The Kier molecular flexibility index (Phi) is 4.47. The van der Waals surface area contributed by atoms with Crippen LogP contribution in [0.5, 0.6) is 0 Å². The predicted molar refractivity (Wildman–Crippen MR) is 56.5 cm³/mol. The monoisotopic (exact) mass is 206 g/mol. The molecular weight excluding hydrogens is 192 g/mol. The molecule has 0 aliphatic carbocycles. The van der Waals surface area contributed by atoms with Gasteiger partial charge >= 0.3 is 5.97 Å². The Morgan fingerprint density at radius 2 is 2.07 bits per heavy atom. The fourth-order valence-corrected chi connectivity index (χ4v) is 0.859. The van der Waals surface area contributed by atoms with Crippen LogP contribution in [-0.2, 0) is 9.63 Å². The van der Waals surface area contributed by atoms with Crippen molar-refractivity contribution in [2.75, 3.05) is 0 Å². The van der Waals surface area contributed by atoms with E-state index in [2.05, 4.69) is 15.2 Å². The Labute approximate surface area is 88.9 Å². The second-order valence-electron chi connectivity index (χ2n) is 3.24. The summed E-state index contributed by atoms with van der Waals surface area (Å²) in [7, 11) is 0. The molecule has 4 heteroatoms. The van der Waals surface area contributed by atoms with E-state index in [1.165, 1.54) is 0 Å². The molecule has 80 valence electrons. The van der Waals surface area contributed by atoms with Crippen LogP contribution in [0, 0.1) is 5.92 Å². The minimum Gasteiger partial charge on any atom is -0.300 e. The summed E-state index contributed by atoms with van der Waals surface area (Å²) < 4.78 is 0. The fraction of sp³-hybridized carbons (Fsp3) is 0.364. The predicted octanol–water partition coefficient (Wildman–Crippen LogP) is 3.27. The first kappa shape index (κ1) is 11.4. The van der Waals surface area contributed by atoms with Crippen molar-refractivity contribution >= 4 is 11.7 Å². The molecule has 4 nitrogen and oxygen atoms in total. The third kappa shape index (κ3) is 3.89. The Morgan fingerprint density at radius 1 is 1.40 bits per heavy atom. The molecule has 0 amide bonds. The van der Waals surface area contributed by atoms with E-state index in [0.717, 1.165) is 6.42 Å². The zero-order valence-electron chi connectivity index (χ0n) is 8.88. The number of hydrogen-bond acceptors (Lipinski definition) is 4. The number of carbonyl (C=O) groups is 1. The summed E-state index contributed by atoms with van der Waals surface area (Å²) >= 11 is 0. The van der Waals surface area contributed by atoms with Crippen LogP contribution in [-0.4, -0.2) is 5.97 Å². The van der Waals surface area contributed by atoms with Crippen LogP contribution in [0.2, 0.25) is 0 Å². The number of nitrogens with zero attached hydrogens (tertiary/aromatic N) is 2. The molecule has 0 N–H and O–H groups in total. The van der Waals surface area contributed by atoms with E-state index < -0.39 is 0 Å². The first-order chi connectivity index (χ1) is 7.24. The molecule has 0 fully saturated rings. The summed E-state index contributed by atoms with van der Waals surface area (Å²) in [5.74, 6) is -0.489. The van der Waals surface area contributed by atoms with E-state index in [9.17, 15) is 4.79 Å². The van der Waals surface area contributed by atoms with Crippen LogP contribution >= 0.6 is 0 Å². The summed E-state index contributed by atoms with van der Waals surface area (Å²) in [6.07, 6.45) is 0.736. The number of rotatable bonds is 4. The zero-order chi connectivity index (χ0) is 11.1. The molecule has 1 aromatic carbocycles. The SMILES string of the molecule is CCC(C)C(=O)ON=Nc1ccccc1. The van der Waals surface area contributed by atoms with Gasteiger partial charge in [0.2, 0.25) is 0 Å². The van der Waals surface area contributed by atoms with Crippen LogP contribution in [0.25, 0.3) is 0 Å². The number of hydrogen-bond donors (Lipinski definition) is 0. The minimum absolute atomic E-state index is 0.139. The van der Waals surface area contributed by atoms with E-state index >= 15 is 0 Å². The smallest absolute Gasteiger partial charge is 0.300 e. The van der Waals surface area contributed by atoms with Crippen LogP contribution in [0.4, 0.5) is 5.69 Å². The first-order valence-electron chi connectivity index (χ1n) is 4.91. The summed E-state index contributed by atoms with van der Waals surface area (Å²) in [4.78, 5) is 15.8. The van der Waals surface area contributed by atoms with E-state index in [1.54, 1.807) is 19.1 Å². The summed E-state index contributed by atoms with van der Waals surface area (Å²) in [5.41, 5.74) is 0.662. The first-order valence-corrected chi connectivity index (χ1v) is 4.91. The topological polar surface area (TPSA) is 51.0 Å². The average molecular weight is 206 g/mol. The number of benzene rings is 1. The molecule has 1 atom stereocenters. The minimum atomic E-state index is -0.350. The van der Waals surface area contributed by atoms with Gasteiger partial charge in [0.1, 0.15) is 0 Å². The van der Waals surface area contributed by atoms with Crippen LogP contribution in [0.3, 0.4) is 0 Å². The van der Waals surface area contributed by atoms with Crippen LogP contribution in [0.15, 0.2) is 40.7 Å². The lowest BCUT2D eigenvalue weighted by molar-refractivity contribution is -0.149. The van der Waals surface area contributed by atoms with E-state index in [-0.39, 0.29) is 11.9 Å². The maximum atomic E-state index is 11.2. The van der Waals surface area contributed by atoms with Gasteiger partial charge in [-0.25, -0.2) is 4.79 Å². The van der Waals surface area contributed by atoms with Gasteiger partial charge < -0.3 is 0 Å². The van der Waals surface area contributed by atoms with Gasteiger partial charge in [-0.1, -0.05) is 32.0 Å². The van der Waals surface area contributed by atoms with Crippen molar-refractivity contribution in [3.05, 3.63) is 30.3 Å². The molecule has 15 heavy (non-hydrogen) atoms. The molecule has 0 aliphatic rings. The highest BCUT2D eigenvalue weighted by molar-refractivity contribution is 5.71. The van der Waals surface area contributed by atoms with Crippen molar-refractivity contribution in [2.24, 2.45) is 16.3 Å². The average Bonchev–Trinajstić information content (AvgIpc) is 2.29. The van der Waals surface area contributed by atoms with Crippen LogP contribution < -0.4 is 0 Å². The molecule has 1 aromatic rings. The van der Waals surface area contributed by atoms with E-state index in [0.29, 0.717) is 5.69 Å². The lowest BCUT2D eigenvalue weighted by atomic mass is 10.1. The highest BCUT2D eigenvalue weighted by Gasteiger charge is 2.11. The Hall–Kier alpha value is -1.71. The van der Waals surface area contributed by atoms with Gasteiger partial charge in [0.15, 0.2) is 0 Å². The second-order valence-corrected chi connectivity index (χ2v) is 3.24. The highest BCUT2D eigenvalue weighted by atomic mass is 16.7. The molecule has 0 aliphatic heterocycles. The number of carbonyl (C=O) groups excluding carboxylic acids is 1. The van der Waals surface area contributed by atoms with Gasteiger partial charge in [0, 0.05) is 5.28 Å². The molecule has 0 spiro atoms. The van der Waals surface area contributed by atoms with Crippen molar-refractivity contribution in [3.8, 4) is 0 Å². The zero-order valence-corrected chi connectivity index (χ0v) is 8.88. The molecular formula is C11H14N2O2. The van der Waals surface area contributed by atoms with Crippen molar-refractivity contribution in [2.45, 2.75) is 20.3 Å². The molecule has 0 heterocycles. The van der Waals surface area contributed by atoms with Gasteiger partial charge in [-0.3, -0.25) is 4.84 Å². The molecule has 1 rings (SSSR count). The second kappa shape index (κ2) is 5.90. The summed E-state index contributed by atoms with van der Waals surface area (Å²) in [6, 6.07) is 9.11. The Balaban J connectivity index is 2.44. The summed E-state index contributed by atoms with van der Waals surface area (Å²) in [6.45, 7) is 3.71. The molecule has 0 bridgehead atoms. The third-order valence-electron chi connectivity index (χ3n) is 2.06. The van der Waals surface area contributed by atoms with Gasteiger partial charge in [-0.15, -0.1) is 5.11 Å². The van der Waals surface area contributed by atoms with Crippen molar-refractivity contribution in [1.82, 2.24) is 0 Å². The maximum Gasteiger partial charge on any atom is 0.339 e. The molecule has 0 radical (unpaired) electrons. The standard InChI is InChI=1S/C11H14N2O2/c1-3-9(2)11(14)15-13-12-10-7-5-4-6-8-10/h4-9H,3H2,1-2H3. The lowest BCUT2D eigenvalue weighted by Gasteiger charge is -2.01. The van der Waals surface area contributed by atoms with Gasteiger partial charge in [-0.05, 0) is 18.6 Å². The van der Waals surface area contributed by atoms with Crippen molar-refractivity contribution < 1.29 is 9.63 Å². The van der Waals surface area contributed by atoms with Gasteiger partial charge in [0.25, 0.3) is 0 Å². The van der Waals surface area contributed by atoms with Gasteiger partial charge in [-0.2, -0.15) is 0 Å². The third-order valence-corrected chi connectivity index (χ3v) is 2.06. The fourth-order valence-electron chi connectivity index (χ4n) is 0.859. The van der Waals surface area contributed by atoms with Gasteiger partial charge in [0.05, 0.1) is 11.6 Å². The normalized spacial score (nSPS) is 12.7. The largest absolute Gasteiger partial charge is 0.339 e. The lowest BCUT2D eigenvalue weighted by Crippen LogP contribution is -2.10. The highest BCUT2D eigenvalue weighted by Crippen LogP contribution is 2.11. The Bertz CT molecular complexity index is 336. The quantitative estimate of drug-likeness (QED) is 0.560. The van der Waals surface area contributed by atoms with Crippen molar-refractivity contribution in [3.63, 3.8) is 0 Å². The Morgan fingerprint density at radius 3 is 2.67 bits per heavy atom. The molecule has 0 saturated carbocycles. The maximum absolute atomic E-state index is 11.2.